The van der Waals surface area contributed by atoms with E-state index in [9.17, 15) is 4.39 Å². The van der Waals surface area contributed by atoms with Crippen LogP contribution >= 0.6 is 28.3 Å². The Kier molecular flexibility index (Phi) is 3.60. The number of nitrogens with zero attached hydrogens (tertiary/aromatic N) is 1. The van der Waals surface area contributed by atoms with Gasteiger partial charge in [-0.1, -0.05) is 0 Å². The Bertz CT molecular complexity index is 180. The monoisotopic (exact) mass is 226 g/mol. The number of hydrogen-bond donors (Lipinski definition) is 1. The van der Waals surface area contributed by atoms with Gasteiger partial charge in [0, 0.05) is 12.1 Å². The van der Waals surface area contributed by atoms with Crippen LogP contribution in [0.3, 0.4) is 0 Å². The van der Waals surface area contributed by atoms with E-state index >= 15 is 0 Å². The van der Waals surface area contributed by atoms with Crippen molar-refractivity contribution in [2.24, 2.45) is 0 Å². The molecule has 0 aliphatic carbocycles. The van der Waals surface area contributed by atoms with Crippen molar-refractivity contribution in [1.29, 1.82) is 0 Å². The van der Waals surface area contributed by atoms with Crippen molar-refractivity contribution < 1.29 is 4.39 Å². The molecule has 0 unspecified atom stereocenters. The maximum absolute atomic E-state index is 12.3. The highest BCUT2D eigenvalue weighted by Crippen LogP contribution is 2.10. The van der Waals surface area contributed by atoms with Crippen LogP contribution in [0.5, 0.6) is 0 Å². The SMILES string of the molecule is Cl.Nc1cc(F)cc(Br)n1. The Morgan fingerprint density at radius 3 is 2.50 bits per heavy atom. The van der Waals surface area contributed by atoms with E-state index in [2.05, 4.69) is 20.9 Å². The van der Waals surface area contributed by atoms with Gasteiger partial charge in [0.1, 0.15) is 16.2 Å². The molecule has 0 fully saturated rings. The molecular weight excluding hydrogens is 222 g/mol. The van der Waals surface area contributed by atoms with Crippen molar-refractivity contribution in [2.75, 3.05) is 5.73 Å². The average molecular weight is 227 g/mol. The van der Waals surface area contributed by atoms with E-state index in [1.54, 1.807) is 0 Å². The Hall–Kier alpha value is -0.350. The van der Waals surface area contributed by atoms with Crippen LogP contribution in [-0.2, 0) is 0 Å². The van der Waals surface area contributed by atoms with Crippen LogP contribution in [-0.4, -0.2) is 4.98 Å². The number of halogens is 3. The first-order valence-corrected chi connectivity index (χ1v) is 3.06. The molecule has 0 aliphatic heterocycles. The standard InChI is InChI=1S/C5H4BrFN2.ClH/c6-4-1-3(7)2-5(8)9-4;/h1-2H,(H2,8,9);1H. The summed E-state index contributed by atoms with van der Waals surface area (Å²) < 4.78 is 12.7. The molecule has 1 rings (SSSR count). The van der Waals surface area contributed by atoms with Gasteiger partial charge in [-0.2, -0.15) is 0 Å². The number of rotatable bonds is 0. The van der Waals surface area contributed by atoms with Gasteiger partial charge in [-0.15, -0.1) is 12.4 Å². The summed E-state index contributed by atoms with van der Waals surface area (Å²) in [6.07, 6.45) is 0. The highest BCUT2D eigenvalue weighted by molar-refractivity contribution is 9.10. The minimum Gasteiger partial charge on any atom is -0.384 e. The zero-order valence-corrected chi connectivity index (χ0v) is 7.25. The summed E-state index contributed by atoms with van der Waals surface area (Å²) in [5.74, 6) is -0.198. The highest BCUT2D eigenvalue weighted by Gasteiger charge is 1.94. The molecule has 0 saturated carbocycles. The Labute approximate surface area is 72.2 Å². The maximum atomic E-state index is 12.3. The molecule has 0 amide bonds. The molecule has 0 radical (unpaired) electrons. The molecular formula is C5H5BrClFN2. The lowest BCUT2D eigenvalue weighted by Gasteiger charge is -1.92. The fourth-order valence-corrected chi connectivity index (χ4v) is 0.908. The average Bonchev–Trinajstić information content (AvgIpc) is 1.59. The summed E-state index contributed by atoms with van der Waals surface area (Å²) in [6, 6.07) is 2.40. The Morgan fingerprint density at radius 1 is 1.50 bits per heavy atom. The largest absolute Gasteiger partial charge is 0.384 e. The van der Waals surface area contributed by atoms with E-state index in [-0.39, 0.29) is 24.0 Å². The second-order valence-electron chi connectivity index (χ2n) is 1.53. The zero-order chi connectivity index (χ0) is 6.85. The predicted molar refractivity (Wildman–Crippen MR) is 43.6 cm³/mol. The molecule has 56 valence electrons. The van der Waals surface area contributed by atoms with Crippen molar-refractivity contribution in [2.45, 2.75) is 0 Å². The molecule has 1 heterocycles. The summed E-state index contributed by atoms with van der Waals surface area (Å²) in [4.78, 5) is 3.69. The van der Waals surface area contributed by atoms with Gasteiger partial charge < -0.3 is 5.73 Å². The van der Waals surface area contributed by atoms with Crippen LogP contribution in [0.15, 0.2) is 16.7 Å². The van der Waals surface area contributed by atoms with E-state index in [0.717, 1.165) is 6.07 Å². The Morgan fingerprint density at radius 2 is 2.10 bits per heavy atom. The van der Waals surface area contributed by atoms with Crippen LogP contribution in [0.25, 0.3) is 0 Å². The Balaban J connectivity index is 0.000000810. The third kappa shape index (κ3) is 2.49. The van der Waals surface area contributed by atoms with Gasteiger partial charge in [0.25, 0.3) is 0 Å². The minimum atomic E-state index is -0.380. The quantitative estimate of drug-likeness (QED) is 0.689. The lowest BCUT2D eigenvalue weighted by atomic mass is 10.4. The predicted octanol–water partition coefficient (Wildman–Crippen LogP) is 1.99. The first-order chi connectivity index (χ1) is 4.18. The molecule has 1 aromatic heterocycles. The molecule has 1 aromatic rings. The summed E-state index contributed by atoms with van der Waals surface area (Å²) in [5, 5.41) is 0. The van der Waals surface area contributed by atoms with E-state index in [0.29, 0.717) is 4.60 Å². The lowest BCUT2D eigenvalue weighted by molar-refractivity contribution is 0.625. The summed E-state index contributed by atoms with van der Waals surface area (Å²) in [5.41, 5.74) is 5.18. The zero-order valence-electron chi connectivity index (χ0n) is 4.84. The summed E-state index contributed by atoms with van der Waals surface area (Å²) >= 11 is 2.98. The third-order valence-electron chi connectivity index (χ3n) is 0.779. The van der Waals surface area contributed by atoms with Gasteiger partial charge in [-0.25, -0.2) is 9.37 Å². The maximum Gasteiger partial charge on any atom is 0.129 e. The molecule has 0 aliphatic rings. The highest BCUT2D eigenvalue weighted by atomic mass is 79.9. The van der Waals surface area contributed by atoms with E-state index in [1.165, 1.54) is 6.07 Å². The molecule has 10 heavy (non-hydrogen) atoms. The van der Waals surface area contributed by atoms with E-state index < -0.39 is 0 Å². The normalized spacial score (nSPS) is 8.60. The lowest BCUT2D eigenvalue weighted by Crippen LogP contribution is -1.90. The third-order valence-corrected chi connectivity index (χ3v) is 1.18. The van der Waals surface area contributed by atoms with Gasteiger partial charge in [-0.3, -0.25) is 0 Å². The van der Waals surface area contributed by atoms with Crippen LogP contribution in [0.2, 0.25) is 0 Å². The van der Waals surface area contributed by atoms with Crippen LogP contribution in [0, 0.1) is 5.82 Å². The van der Waals surface area contributed by atoms with Crippen molar-refractivity contribution in [3.63, 3.8) is 0 Å². The van der Waals surface area contributed by atoms with E-state index in [1.807, 2.05) is 0 Å². The number of nitrogens with two attached hydrogens (primary N) is 1. The first-order valence-electron chi connectivity index (χ1n) is 2.27. The molecule has 2 nitrogen and oxygen atoms in total. The summed E-state index contributed by atoms with van der Waals surface area (Å²) in [7, 11) is 0. The summed E-state index contributed by atoms with van der Waals surface area (Å²) in [6.45, 7) is 0. The number of nitrogen functional groups attached to an aromatic ring is 1. The van der Waals surface area contributed by atoms with Crippen molar-refractivity contribution in [1.82, 2.24) is 4.98 Å². The van der Waals surface area contributed by atoms with Gasteiger partial charge >= 0.3 is 0 Å². The van der Waals surface area contributed by atoms with E-state index in [4.69, 9.17) is 5.73 Å². The number of aromatic nitrogens is 1. The molecule has 2 N–H and O–H groups in total. The number of hydrogen-bond acceptors (Lipinski definition) is 2. The number of pyridine rings is 1. The first kappa shape index (κ1) is 9.65. The molecule has 0 aromatic carbocycles. The van der Waals surface area contributed by atoms with Crippen LogP contribution in [0.4, 0.5) is 10.2 Å². The second-order valence-corrected chi connectivity index (χ2v) is 2.35. The van der Waals surface area contributed by atoms with Gasteiger partial charge in [-0.05, 0) is 15.9 Å². The fourth-order valence-electron chi connectivity index (χ4n) is 0.485. The topological polar surface area (TPSA) is 38.9 Å². The minimum absolute atomic E-state index is 0. The van der Waals surface area contributed by atoms with Gasteiger partial charge in [0.2, 0.25) is 0 Å². The van der Waals surface area contributed by atoms with Crippen molar-refractivity contribution in [3.05, 3.63) is 22.6 Å². The van der Waals surface area contributed by atoms with Crippen molar-refractivity contribution in [3.8, 4) is 0 Å². The van der Waals surface area contributed by atoms with Crippen LogP contribution < -0.4 is 5.73 Å². The second kappa shape index (κ2) is 3.73. The molecule has 0 spiro atoms. The van der Waals surface area contributed by atoms with Crippen molar-refractivity contribution >= 4 is 34.2 Å². The molecule has 0 bridgehead atoms. The number of anilines is 1. The molecule has 0 saturated heterocycles. The fraction of sp³-hybridized carbons (Fsp3) is 0. The molecule has 0 atom stereocenters. The molecule has 5 heteroatoms. The van der Waals surface area contributed by atoms with Gasteiger partial charge in [0.05, 0.1) is 0 Å². The van der Waals surface area contributed by atoms with Gasteiger partial charge in [0.15, 0.2) is 0 Å². The smallest absolute Gasteiger partial charge is 0.129 e. The van der Waals surface area contributed by atoms with Crippen LogP contribution in [0.1, 0.15) is 0 Å².